The van der Waals surface area contributed by atoms with Crippen LogP contribution in [0, 0.1) is 0 Å². The molecule has 0 N–H and O–H groups in total. The lowest BCUT2D eigenvalue weighted by Crippen LogP contribution is -2.16. The first-order valence-electron chi connectivity index (χ1n) is 7.73. The first kappa shape index (κ1) is 18.6. The van der Waals surface area contributed by atoms with Crippen LogP contribution in [0.15, 0.2) is 61.6 Å². The molecular formula is C17H20NO4S2-. The Labute approximate surface area is 147 Å². The van der Waals surface area contributed by atoms with E-state index in [4.69, 9.17) is 4.74 Å². The number of rotatable bonds is 6. The second-order valence-electron chi connectivity index (χ2n) is 5.19. The average Bonchev–Trinajstić information content (AvgIpc) is 2.87. The van der Waals surface area contributed by atoms with Crippen molar-refractivity contribution in [1.82, 2.24) is 0 Å². The Kier molecular flexibility index (Phi) is 6.12. The summed E-state index contributed by atoms with van der Waals surface area (Å²) in [7, 11) is -3.87. The number of benzene rings is 1. The van der Waals surface area contributed by atoms with Gasteiger partial charge in [-0.1, -0.05) is 43.8 Å². The molecule has 0 radical (unpaired) electrons. The van der Waals surface area contributed by atoms with E-state index in [9.17, 15) is 13.5 Å². The van der Waals surface area contributed by atoms with Crippen LogP contribution in [-0.4, -0.2) is 20.1 Å². The Morgan fingerprint density at radius 1 is 1.25 bits per heavy atom. The second-order valence-corrected chi connectivity index (χ2v) is 7.99. The third kappa shape index (κ3) is 4.02. The average molecular weight is 366 g/mol. The van der Waals surface area contributed by atoms with Gasteiger partial charge in [0.2, 0.25) is 0 Å². The van der Waals surface area contributed by atoms with E-state index in [-0.39, 0.29) is 15.5 Å². The zero-order valence-corrected chi connectivity index (χ0v) is 15.5. The summed E-state index contributed by atoms with van der Waals surface area (Å²) in [4.78, 5) is 0.977. The van der Waals surface area contributed by atoms with E-state index in [1.165, 1.54) is 23.9 Å². The zero-order valence-electron chi connectivity index (χ0n) is 13.9. The molecule has 1 aromatic carbocycles. The van der Waals surface area contributed by atoms with E-state index in [1.807, 2.05) is 20.8 Å². The van der Waals surface area contributed by atoms with E-state index in [2.05, 4.69) is 4.40 Å². The quantitative estimate of drug-likeness (QED) is 0.722. The smallest absolute Gasteiger partial charge is 0.283 e. The predicted molar refractivity (Wildman–Crippen MR) is 94.9 cm³/mol. The van der Waals surface area contributed by atoms with Crippen molar-refractivity contribution in [3.05, 3.63) is 52.3 Å². The summed E-state index contributed by atoms with van der Waals surface area (Å²) < 4.78 is 34.1. The van der Waals surface area contributed by atoms with Gasteiger partial charge in [0.05, 0.1) is 10.8 Å². The van der Waals surface area contributed by atoms with Gasteiger partial charge >= 0.3 is 0 Å². The highest BCUT2D eigenvalue weighted by Gasteiger charge is 2.27. The van der Waals surface area contributed by atoms with Gasteiger partial charge in [-0.25, -0.2) is 0 Å². The molecule has 5 nitrogen and oxygen atoms in total. The fraction of sp³-hybridized carbons (Fsp3) is 0.353. The monoisotopic (exact) mass is 366 g/mol. The lowest BCUT2D eigenvalue weighted by Gasteiger charge is -2.19. The van der Waals surface area contributed by atoms with Crippen LogP contribution in [0.25, 0.3) is 0 Å². The minimum Gasteiger partial charge on any atom is -0.613 e. The number of hydrogen-bond acceptors (Lipinski definition) is 5. The summed E-state index contributed by atoms with van der Waals surface area (Å²) in [5, 5.41) is 12.6. The molecule has 0 unspecified atom stereocenters. The Bertz CT molecular complexity index is 793. The lowest BCUT2D eigenvalue weighted by molar-refractivity contribution is -0.358. The van der Waals surface area contributed by atoms with E-state index in [0.717, 1.165) is 10.5 Å². The number of thioether (sulfide) groups is 1. The van der Waals surface area contributed by atoms with Crippen LogP contribution in [0.4, 0.5) is 0 Å². The molecule has 0 atom stereocenters. The largest absolute Gasteiger partial charge is 0.613 e. The fourth-order valence-corrected chi connectivity index (χ4v) is 4.61. The molecule has 1 aliphatic rings. The molecule has 24 heavy (non-hydrogen) atoms. The molecule has 7 heteroatoms. The van der Waals surface area contributed by atoms with Crippen molar-refractivity contribution in [2.45, 2.75) is 38.5 Å². The minimum atomic E-state index is -3.87. The number of allylic oxidation sites excluding steroid dienone is 2. The maximum Gasteiger partial charge on any atom is 0.283 e. The Morgan fingerprint density at radius 3 is 2.50 bits per heavy atom. The Hall–Kier alpha value is -1.73. The molecule has 1 aromatic rings. The highest BCUT2D eigenvalue weighted by molar-refractivity contribution is 8.18. The highest BCUT2D eigenvalue weighted by Crippen LogP contribution is 2.41. The summed E-state index contributed by atoms with van der Waals surface area (Å²) in [5.74, 6) is -0.514. The van der Waals surface area contributed by atoms with Crippen LogP contribution in [0.2, 0.25) is 0 Å². The SMILES string of the molecule is CCCOC([O-])=C1C(=NS(=O)(=O)c2ccccc2)SC(C)=C1CC. The van der Waals surface area contributed by atoms with Crippen molar-refractivity contribution < 1.29 is 18.3 Å². The van der Waals surface area contributed by atoms with Crippen LogP contribution >= 0.6 is 11.8 Å². The van der Waals surface area contributed by atoms with Gasteiger partial charge in [-0.2, -0.15) is 12.8 Å². The maximum atomic E-state index is 12.5. The third-order valence-corrected chi connectivity index (χ3v) is 5.88. The first-order valence-corrected chi connectivity index (χ1v) is 9.98. The van der Waals surface area contributed by atoms with Crippen molar-refractivity contribution >= 4 is 26.8 Å². The van der Waals surface area contributed by atoms with Crippen LogP contribution in [0.5, 0.6) is 0 Å². The molecule has 0 fully saturated rings. The van der Waals surface area contributed by atoms with Gasteiger partial charge in [-0.3, -0.25) is 0 Å². The van der Waals surface area contributed by atoms with Crippen molar-refractivity contribution in [1.29, 1.82) is 0 Å². The van der Waals surface area contributed by atoms with Gasteiger partial charge in [0.15, 0.2) is 0 Å². The number of sulfonamides is 1. The minimum absolute atomic E-state index is 0.0991. The van der Waals surface area contributed by atoms with E-state index in [0.29, 0.717) is 19.4 Å². The van der Waals surface area contributed by atoms with E-state index in [1.54, 1.807) is 18.2 Å². The van der Waals surface area contributed by atoms with Crippen molar-refractivity contribution in [3.63, 3.8) is 0 Å². The summed E-state index contributed by atoms with van der Waals surface area (Å²) in [6.07, 6.45) is 1.31. The molecule has 0 aliphatic carbocycles. The van der Waals surface area contributed by atoms with Gasteiger partial charge in [0, 0.05) is 5.57 Å². The molecule has 130 valence electrons. The molecular weight excluding hydrogens is 346 g/mol. The van der Waals surface area contributed by atoms with E-state index < -0.39 is 16.0 Å². The number of ether oxygens (including phenoxy) is 1. The fourth-order valence-electron chi connectivity index (χ4n) is 2.28. The predicted octanol–water partition coefficient (Wildman–Crippen LogP) is 3.20. The highest BCUT2D eigenvalue weighted by atomic mass is 32.2. The molecule has 0 saturated carbocycles. The van der Waals surface area contributed by atoms with Crippen molar-refractivity contribution in [3.8, 4) is 0 Å². The van der Waals surface area contributed by atoms with Gasteiger partial charge in [-0.15, -0.1) is 0 Å². The Balaban J connectivity index is 2.49. The maximum absolute atomic E-state index is 12.5. The van der Waals surface area contributed by atoms with Crippen LogP contribution in [-0.2, 0) is 14.8 Å². The number of nitrogens with zero attached hydrogens (tertiary/aromatic N) is 1. The summed E-state index contributed by atoms with van der Waals surface area (Å²) in [5.41, 5.74) is 1.07. The molecule has 0 spiro atoms. The molecule has 0 saturated heterocycles. The van der Waals surface area contributed by atoms with Crippen molar-refractivity contribution in [2.75, 3.05) is 6.61 Å². The molecule has 2 rings (SSSR count). The normalized spacial score (nSPS) is 19.0. The molecule has 0 amide bonds. The first-order chi connectivity index (χ1) is 11.4. The zero-order chi connectivity index (χ0) is 17.7. The van der Waals surface area contributed by atoms with Gasteiger partial charge < -0.3 is 9.84 Å². The summed E-state index contributed by atoms with van der Waals surface area (Å²) in [6, 6.07) is 7.97. The van der Waals surface area contributed by atoms with Crippen LogP contribution < -0.4 is 5.11 Å². The Morgan fingerprint density at radius 2 is 1.92 bits per heavy atom. The molecule has 1 heterocycles. The van der Waals surface area contributed by atoms with Crippen molar-refractivity contribution in [2.24, 2.45) is 4.40 Å². The van der Waals surface area contributed by atoms with Crippen LogP contribution in [0.1, 0.15) is 33.6 Å². The topological polar surface area (TPSA) is 78.8 Å². The molecule has 0 aromatic heterocycles. The van der Waals surface area contributed by atoms with Gasteiger partial charge in [0.1, 0.15) is 5.04 Å². The third-order valence-electron chi connectivity index (χ3n) is 3.43. The number of hydrogen-bond donors (Lipinski definition) is 0. The van der Waals surface area contributed by atoms with E-state index >= 15 is 0 Å². The summed E-state index contributed by atoms with van der Waals surface area (Å²) in [6.45, 7) is 5.97. The molecule has 1 aliphatic heterocycles. The van der Waals surface area contributed by atoms with Gasteiger partial charge in [-0.05, 0) is 49.0 Å². The standard InChI is InChI=1S/C17H21NO4S2/c1-4-11-22-17(19)15-14(5-2)12(3)23-16(15)18-24(20,21)13-9-7-6-8-10-13/h6-10,19H,4-5,11H2,1-3H3/p-1. The lowest BCUT2D eigenvalue weighted by atomic mass is 10.1. The summed E-state index contributed by atoms with van der Waals surface area (Å²) >= 11 is 1.20. The second kappa shape index (κ2) is 7.90. The van der Waals surface area contributed by atoms with Gasteiger partial charge in [0.25, 0.3) is 10.0 Å². The molecule has 0 bridgehead atoms. The van der Waals surface area contributed by atoms with Crippen LogP contribution in [0.3, 0.4) is 0 Å².